The van der Waals surface area contributed by atoms with Crippen molar-refractivity contribution in [2.45, 2.75) is 45.3 Å². The van der Waals surface area contributed by atoms with Crippen molar-refractivity contribution in [2.24, 2.45) is 0 Å². The minimum absolute atomic E-state index is 0.153. The van der Waals surface area contributed by atoms with Crippen LogP contribution in [0.1, 0.15) is 31.9 Å². The van der Waals surface area contributed by atoms with E-state index >= 15 is 0 Å². The summed E-state index contributed by atoms with van der Waals surface area (Å²) >= 11 is 0. The fraction of sp³-hybridized carbons (Fsp3) is 0.500. The normalized spacial score (nSPS) is 18.0. The van der Waals surface area contributed by atoms with E-state index in [0.717, 1.165) is 5.56 Å². The van der Waals surface area contributed by atoms with Gasteiger partial charge in [-0.1, -0.05) is 24.3 Å². The third-order valence-corrected chi connectivity index (χ3v) is 4.16. The summed E-state index contributed by atoms with van der Waals surface area (Å²) in [6, 6.07) is 7.65. The molecule has 0 aromatic heterocycles. The predicted molar refractivity (Wildman–Crippen MR) is 79.9 cm³/mol. The van der Waals surface area contributed by atoms with Crippen LogP contribution in [0.25, 0.3) is 0 Å². The maximum atomic E-state index is 12.7. The molecule has 5 heteroatoms. The van der Waals surface area contributed by atoms with E-state index < -0.39 is 11.5 Å². The molecule has 114 valence electrons. The number of carbonyl (C=O) groups is 2. The Kier molecular flexibility index (Phi) is 4.32. The van der Waals surface area contributed by atoms with Crippen LogP contribution in [0.2, 0.25) is 0 Å². The first-order chi connectivity index (χ1) is 9.87. The zero-order valence-corrected chi connectivity index (χ0v) is 12.7. The van der Waals surface area contributed by atoms with E-state index in [1.165, 1.54) is 10.5 Å². The minimum atomic E-state index is -1.20. The molecule has 1 aliphatic heterocycles. The fourth-order valence-electron chi connectivity index (χ4n) is 2.76. The van der Waals surface area contributed by atoms with Gasteiger partial charge >= 0.3 is 5.97 Å². The van der Waals surface area contributed by atoms with Crippen molar-refractivity contribution >= 4 is 11.9 Å². The Hall–Kier alpha value is -1.88. The van der Waals surface area contributed by atoms with Gasteiger partial charge in [0, 0.05) is 13.1 Å². The number of nitrogens with zero attached hydrogens (tertiary/aromatic N) is 1. The molecule has 5 nitrogen and oxygen atoms in total. The van der Waals surface area contributed by atoms with E-state index in [9.17, 15) is 14.7 Å². The zero-order valence-electron chi connectivity index (χ0n) is 12.7. The summed E-state index contributed by atoms with van der Waals surface area (Å²) in [4.78, 5) is 25.5. The Balaban J connectivity index is 2.19. The van der Waals surface area contributed by atoms with Crippen molar-refractivity contribution in [1.82, 2.24) is 10.2 Å². The van der Waals surface area contributed by atoms with Crippen LogP contribution < -0.4 is 5.32 Å². The molecule has 1 heterocycles. The number of amides is 1. The van der Waals surface area contributed by atoms with Gasteiger partial charge in [-0.3, -0.25) is 4.79 Å². The molecule has 1 amide bonds. The van der Waals surface area contributed by atoms with Crippen LogP contribution in [0.5, 0.6) is 0 Å². The van der Waals surface area contributed by atoms with Crippen LogP contribution in [-0.2, 0) is 22.6 Å². The van der Waals surface area contributed by atoms with Crippen molar-refractivity contribution in [3.8, 4) is 0 Å². The lowest BCUT2D eigenvalue weighted by Gasteiger charge is -2.38. The number of rotatable bonds is 4. The first kappa shape index (κ1) is 15.5. The molecule has 1 atom stereocenters. The van der Waals surface area contributed by atoms with Gasteiger partial charge in [-0.25, -0.2) is 4.79 Å². The summed E-state index contributed by atoms with van der Waals surface area (Å²) in [5.74, 6) is -1.15. The van der Waals surface area contributed by atoms with E-state index in [4.69, 9.17) is 0 Å². The van der Waals surface area contributed by atoms with Gasteiger partial charge in [-0.05, 0) is 38.3 Å². The molecule has 21 heavy (non-hydrogen) atoms. The van der Waals surface area contributed by atoms with E-state index in [2.05, 4.69) is 5.32 Å². The van der Waals surface area contributed by atoms with Crippen LogP contribution >= 0.6 is 0 Å². The number of hydrogen-bond acceptors (Lipinski definition) is 3. The molecular weight excluding hydrogens is 268 g/mol. The first-order valence-corrected chi connectivity index (χ1v) is 7.23. The SMILES string of the molecule is CCN(C(=O)[C@H]1Cc2ccccc2CN1)C(C)(C)C(=O)O. The second kappa shape index (κ2) is 5.85. The van der Waals surface area contributed by atoms with Crippen molar-refractivity contribution in [1.29, 1.82) is 0 Å². The van der Waals surface area contributed by atoms with Crippen molar-refractivity contribution in [3.05, 3.63) is 35.4 Å². The van der Waals surface area contributed by atoms with E-state index in [0.29, 0.717) is 19.5 Å². The summed E-state index contributed by atoms with van der Waals surface area (Å²) < 4.78 is 0. The number of fused-ring (bicyclic) bond motifs is 1. The Morgan fingerprint density at radius 2 is 1.95 bits per heavy atom. The maximum absolute atomic E-state index is 12.7. The summed E-state index contributed by atoms with van der Waals surface area (Å²) in [7, 11) is 0. The highest BCUT2D eigenvalue weighted by Crippen LogP contribution is 2.21. The van der Waals surface area contributed by atoms with E-state index in [1.54, 1.807) is 20.8 Å². The van der Waals surface area contributed by atoms with Crippen LogP contribution in [-0.4, -0.2) is 40.0 Å². The molecule has 1 aromatic rings. The number of likely N-dealkylation sites (N-methyl/N-ethyl adjacent to an activating group) is 1. The zero-order chi connectivity index (χ0) is 15.6. The van der Waals surface area contributed by atoms with Gasteiger partial charge in [-0.15, -0.1) is 0 Å². The molecule has 0 fully saturated rings. The average Bonchev–Trinajstić information content (AvgIpc) is 2.46. The Bertz CT molecular complexity index is 554. The second-order valence-electron chi connectivity index (χ2n) is 5.85. The molecule has 0 radical (unpaired) electrons. The van der Waals surface area contributed by atoms with Crippen LogP contribution in [0.15, 0.2) is 24.3 Å². The van der Waals surface area contributed by atoms with E-state index in [-0.39, 0.29) is 11.9 Å². The van der Waals surface area contributed by atoms with Gasteiger partial charge in [0.05, 0.1) is 6.04 Å². The number of aliphatic carboxylic acids is 1. The van der Waals surface area contributed by atoms with Crippen molar-refractivity contribution < 1.29 is 14.7 Å². The molecule has 2 N–H and O–H groups in total. The smallest absolute Gasteiger partial charge is 0.329 e. The summed E-state index contributed by atoms with van der Waals surface area (Å²) in [6.07, 6.45) is 0.598. The first-order valence-electron chi connectivity index (χ1n) is 7.23. The number of carboxylic acids is 1. The molecule has 0 saturated heterocycles. The molecule has 0 aliphatic carbocycles. The third-order valence-electron chi connectivity index (χ3n) is 4.16. The van der Waals surface area contributed by atoms with Gasteiger partial charge in [0.1, 0.15) is 5.54 Å². The Morgan fingerprint density at radius 3 is 2.52 bits per heavy atom. The molecule has 0 unspecified atom stereocenters. The van der Waals surface area contributed by atoms with Gasteiger partial charge in [0.2, 0.25) is 5.91 Å². The molecule has 2 rings (SSSR count). The molecular formula is C16H22N2O3. The lowest BCUT2D eigenvalue weighted by atomic mass is 9.93. The largest absolute Gasteiger partial charge is 0.480 e. The van der Waals surface area contributed by atoms with Gasteiger partial charge in [0.25, 0.3) is 0 Å². The summed E-state index contributed by atoms with van der Waals surface area (Å²) in [5.41, 5.74) is 1.14. The average molecular weight is 290 g/mol. The Morgan fingerprint density at radius 1 is 1.33 bits per heavy atom. The standard InChI is InChI=1S/C16H22N2O3/c1-4-18(16(2,3)15(20)21)14(19)13-9-11-7-5-6-8-12(11)10-17-13/h5-8,13,17H,4,9-10H2,1-3H3,(H,20,21)/t13-/m1/s1. The van der Waals surface area contributed by atoms with Gasteiger partial charge in [0.15, 0.2) is 0 Å². The lowest BCUT2D eigenvalue weighted by Crippen LogP contribution is -2.59. The maximum Gasteiger partial charge on any atom is 0.329 e. The fourth-order valence-corrected chi connectivity index (χ4v) is 2.76. The minimum Gasteiger partial charge on any atom is -0.480 e. The van der Waals surface area contributed by atoms with Gasteiger partial charge < -0.3 is 15.3 Å². The number of carboxylic acid groups (broad SMARTS) is 1. The van der Waals surface area contributed by atoms with Crippen LogP contribution in [0.3, 0.4) is 0 Å². The monoisotopic (exact) mass is 290 g/mol. The summed E-state index contributed by atoms with van der Waals surface area (Å²) in [5, 5.41) is 12.6. The molecule has 0 saturated carbocycles. The highest BCUT2D eigenvalue weighted by molar-refractivity contribution is 5.89. The molecule has 0 spiro atoms. The number of hydrogen-bond donors (Lipinski definition) is 2. The molecule has 0 bridgehead atoms. The van der Waals surface area contributed by atoms with Crippen molar-refractivity contribution in [3.63, 3.8) is 0 Å². The lowest BCUT2D eigenvalue weighted by molar-refractivity contribution is -0.157. The predicted octanol–water partition coefficient (Wildman–Crippen LogP) is 1.41. The van der Waals surface area contributed by atoms with Crippen LogP contribution in [0.4, 0.5) is 0 Å². The quantitative estimate of drug-likeness (QED) is 0.880. The molecule has 1 aromatic carbocycles. The van der Waals surface area contributed by atoms with Crippen LogP contribution in [0, 0.1) is 0 Å². The van der Waals surface area contributed by atoms with Crippen molar-refractivity contribution in [2.75, 3.05) is 6.54 Å². The Labute approximate surface area is 125 Å². The molecule has 1 aliphatic rings. The van der Waals surface area contributed by atoms with Gasteiger partial charge in [-0.2, -0.15) is 0 Å². The number of nitrogens with one attached hydrogen (secondary N) is 1. The second-order valence-corrected chi connectivity index (χ2v) is 5.85. The topological polar surface area (TPSA) is 69.6 Å². The highest BCUT2D eigenvalue weighted by Gasteiger charge is 2.40. The number of carbonyl (C=O) groups excluding carboxylic acids is 1. The third kappa shape index (κ3) is 2.93. The highest BCUT2D eigenvalue weighted by atomic mass is 16.4. The summed E-state index contributed by atoms with van der Waals surface area (Å²) in [6.45, 7) is 5.94. The number of benzene rings is 1. The van der Waals surface area contributed by atoms with E-state index in [1.807, 2.05) is 24.3 Å².